The highest BCUT2D eigenvalue weighted by molar-refractivity contribution is 5.02. The summed E-state index contributed by atoms with van der Waals surface area (Å²) < 4.78 is 6.24. The quantitative estimate of drug-likeness (QED) is 0.152. The molecule has 0 aliphatic carbocycles. The first kappa shape index (κ1) is 22.4. The molecule has 2 saturated heterocycles. The van der Waals surface area contributed by atoms with Crippen molar-refractivity contribution in [2.24, 2.45) is 0 Å². The maximum absolute atomic E-state index is 6.24. The van der Waals surface area contributed by atoms with Crippen LogP contribution in [0.4, 0.5) is 0 Å². The van der Waals surface area contributed by atoms with Gasteiger partial charge in [0.15, 0.2) is 0 Å². The average Bonchev–Trinajstić information content (AvgIpc) is 3.18. The van der Waals surface area contributed by atoms with E-state index in [2.05, 4.69) is 37.8 Å². The minimum absolute atomic E-state index is 0.149. The third-order valence-corrected chi connectivity index (χ3v) is 5.67. The molecular formula is C24H40O3. The van der Waals surface area contributed by atoms with E-state index < -0.39 is 0 Å². The Kier molecular flexibility index (Phi) is 11.7. The van der Waals surface area contributed by atoms with Gasteiger partial charge in [-0.2, -0.15) is 0 Å². The van der Waals surface area contributed by atoms with Crippen molar-refractivity contribution in [3.8, 4) is 0 Å². The molecule has 0 radical (unpaired) electrons. The Bertz CT molecular complexity index is 435. The predicted molar refractivity (Wildman–Crippen MR) is 113 cm³/mol. The van der Waals surface area contributed by atoms with Crippen LogP contribution in [0.2, 0.25) is 0 Å². The second kappa shape index (κ2) is 14.1. The molecule has 0 amide bonds. The lowest BCUT2D eigenvalue weighted by Gasteiger charge is -2.30. The maximum Gasteiger partial charge on any atom is 0.119 e. The van der Waals surface area contributed by atoms with Crippen molar-refractivity contribution in [2.75, 3.05) is 0 Å². The number of allylic oxidation sites excluding steroid dienone is 5. The number of hydrogen-bond donors (Lipinski definition) is 0. The predicted octanol–water partition coefficient (Wildman–Crippen LogP) is 6.84. The molecule has 2 fully saturated rings. The summed E-state index contributed by atoms with van der Waals surface area (Å²) in [5, 5.41) is 0. The summed E-state index contributed by atoms with van der Waals surface area (Å²) in [6.45, 7) is 5.88. The highest BCUT2D eigenvalue weighted by atomic mass is 17.2. The van der Waals surface area contributed by atoms with Gasteiger partial charge >= 0.3 is 0 Å². The van der Waals surface area contributed by atoms with Gasteiger partial charge in [-0.3, -0.25) is 0 Å². The molecule has 0 spiro atoms. The topological polar surface area (TPSA) is 27.7 Å². The molecule has 0 aromatic rings. The van der Waals surface area contributed by atoms with Crippen LogP contribution in [0, 0.1) is 0 Å². The molecule has 3 nitrogen and oxygen atoms in total. The van der Waals surface area contributed by atoms with Crippen LogP contribution in [0.1, 0.15) is 90.4 Å². The van der Waals surface area contributed by atoms with Crippen LogP contribution in [0.3, 0.4) is 0 Å². The summed E-state index contributed by atoms with van der Waals surface area (Å²) in [6.07, 6.45) is 27.2. The summed E-state index contributed by atoms with van der Waals surface area (Å²) in [5.41, 5.74) is 0. The van der Waals surface area contributed by atoms with Crippen LogP contribution in [0.5, 0.6) is 0 Å². The summed E-state index contributed by atoms with van der Waals surface area (Å²) in [4.78, 5) is 11.1. The molecule has 2 heterocycles. The van der Waals surface area contributed by atoms with Gasteiger partial charge in [-0.25, -0.2) is 9.78 Å². The standard InChI is InChI=1S/C24H40O3/c1-3-5-6-7-8-9-10-11-12-13-14-15-16-22-18-19-23(25-22)24-20-17-21(4-2)26-27-24/h3,7-10,21-24H,1,4-6,11-20H2,2H3/b8-7+,10-9-/t21-,22?,23+,24?/m1/s1. The number of rotatable bonds is 13. The van der Waals surface area contributed by atoms with E-state index in [1.165, 1.54) is 44.9 Å². The lowest BCUT2D eigenvalue weighted by molar-refractivity contribution is -0.386. The van der Waals surface area contributed by atoms with Crippen LogP contribution >= 0.6 is 0 Å². The number of hydrogen-bond acceptors (Lipinski definition) is 3. The highest BCUT2D eigenvalue weighted by Gasteiger charge is 2.35. The largest absolute Gasteiger partial charge is 0.372 e. The van der Waals surface area contributed by atoms with E-state index in [4.69, 9.17) is 14.5 Å². The molecule has 154 valence electrons. The van der Waals surface area contributed by atoms with Crippen LogP contribution < -0.4 is 0 Å². The summed E-state index contributed by atoms with van der Waals surface area (Å²) in [7, 11) is 0. The third-order valence-electron chi connectivity index (χ3n) is 5.67. The van der Waals surface area contributed by atoms with Crippen LogP contribution in [-0.2, 0) is 14.5 Å². The molecule has 0 saturated carbocycles. The van der Waals surface area contributed by atoms with Gasteiger partial charge in [0.1, 0.15) is 6.10 Å². The summed E-state index contributed by atoms with van der Waals surface area (Å²) in [5.74, 6) is 0. The zero-order valence-corrected chi connectivity index (χ0v) is 17.3. The fourth-order valence-electron chi connectivity index (χ4n) is 3.89. The summed E-state index contributed by atoms with van der Waals surface area (Å²) >= 11 is 0. The van der Waals surface area contributed by atoms with Crippen molar-refractivity contribution in [1.29, 1.82) is 0 Å². The minimum atomic E-state index is 0.149. The second-order valence-corrected chi connectivity index (χ2v) is 7.93. The van der Waals surface area contributed by atoms with Gasteiger partial charge < -0.3 is 4.74 Å². The number of ether oxygens (including phenoxy) is 1. The van der Waals surface area contributed by atoms with Crippen molar-refractivity contribution in [1.82, 2.24) is 0 Å². The van der Waals surface area contributed by atoms with Gasteiger partial charge in [0.25, 0.3) is 0 Å². The molecule has 2 aliphatic heterocycles. The molecule has 2 rings (SSSR count). The average molecular weight is 377 g/mol. The molecular weight excluding hydrogens is 336 g/mol. The maximum atomic E-state index is 6.24. The molecule has 0 N–H and O–H groups in total. The zero-order valence-electron chi connectivity index (χ0n) is 17.3. The first-order chi connectivity index (χ1) is 13.3. The van der Waals surface area contributed by atoms with Gasteiger partial charge in [-0.15, -0.1) is 6.58 Å². The van der Waals surface area contributed by atoms with Crippen LogP contribution in [0.25, 0.3) is 0 Å². The molecule has 0 bridgehead atoms. The smallest absolute Gasteiger partial charge is 0.119 e. The first-order valence-electron chi connectivity index (χ1n) is 11.2. The number of unbranched alkanes of at least 4 members (excludes halogenated alkanes) is 5. The highest BCUT2D eigenvalue weighted by Crippen LogP contribution is 2.31. The fourth-order valence-corrected chi connectivity index (χ4v) is 3.89. The first-order valence-corrected chi connectivity index (χ1v) is 11.2. The van der Waals surface area contributed by atoms with Crippen molar-refractivity contribution >= 4 is 0 Å². The normalized spacial score (nSPS) is 29.1. The molecule has 27 heavy (non-hydrogen) atoms. The van der Waals surface area contributed by atoms with Crippen molar-refractivity contribution in [2.45, 2.75) is 115 Å². The van der Waals surface area contributed by atoms with E-state index in [-0.39, 0.29) is 18.3 Å². The van der Waals surface area contributed by atoms with E-state index in [1.807, 2.05) is 6.08 Å². The van der Waals surface area contributed by atoms with Crippen LogP contribution in [0.15, 0.2) is 37.0 Å². The molecule has 0 aromatic heterocycles. The monoisotopic (exact) mass is 376 g/mol. The SMILES string of the molecule is C=CCC/C=C/C=C\CCCCCCC1CC[C@@H](C2CC[C@@H](CC)OO2)O1. The lowest BCUT2D eigenvalue weighted by atomic mass is 10.0. The summed E-state index contributed by atoms with van der Waals surface area (Å²) in [6, 6.07) is 0. The van der Waals surface area contributed by atoms with Gasteiger partial charge in [0.05, 0.1) is 18.3 Å². The van der Waals surface area contributed by atoms with Gasteiger partial charge in [-0.05, 0) is 64.2 Å². The van der Waals surface area contributed by atoms with E-state index in [0.717, 1.165) is 38.5 Å². The van der Waals surface area contributed by atoms with Gasteiger partial charge in [0, 0.05) is 0 Å². The van der Waals surface area contributed by atoms with E-state index in [0.29, 0.717) is 6.10 Å². The Labute approximate surface area is 166 Å². The Morgan fingerprint density at radius 1 is 0.778 bits per heavy atom. The lowest BCUT2D eigenvalue weighted by Crippen LogP contribution is -2.36. The fraction of sp³-hybridized carbons (Fsp3) is 0.750. The van der Waals surface area contributed by atoms with E-state index in [1.54, 1.807) is 0 Å². The van der Waals surface area contributed by atoms with Crippen molar-refractivity contribution in [3.63, 3.8) is 0 Å². The van der Waals surface area contributed by atoms with Gasteiger partial charge in [0.2, 0.25) is 0 Å². The van der Waals surface area contributed by atoms with Crippen LogP contribution in [-0.4, -0.2) is 24.4 Å². The molecule has 3 heteroatoms. The van der Waals surface area contributed by atoms with E-state index >= 15 is 0 Å². The Morgan fingerprint density at radius 3 is 2.26 bits per heavy atom. The Balaban J connectivity index is 1.43. The third kappa shape index (κ3) is 9.23. The zero-order chi connectivity index (χ0) is 19.2. The molecule has 4 atom stereocenters. The second-order valence-electron chi connectivity index (χ2n) is 7.93. The Morgan fingerprint density at radius 2 is 1.52 bits per heavy atom. The molecule has 2 unspecified atom stereocenters. The van der Waals surface area contributed by atoms with Gasteiger partial charge in [-0.1, -0.05) is 56.6 Å². The van der Waals surface area contributed by atoms with E-state index in [9.17, 15) is 0 Å². The van der Waals surface area contributed by atoms with Crippen molar-refractivity contribution in [3.05, 3.63) is 37.0 Å². The van der Waals surface area contributed by atoms with Crippen molar-refractivity contribution < 1.29 is 14.5 Å². The minimum Gasteiger partial charge on any atom is -0.372 e. The Hall–Kier alpha value is -0.900. The molecule has 0 aromatic carbocycles. The molecule has 2 aliphatic rings.